The number of nitro benzene ring substituents is 1. The van der Waals surface area contributed by atoms with Gasteiger partial charge in [0.1, 0.15) is 5.75 Å². The molecule has 0 fully saturated rings. The lowest BCUT2D eigenvalue weighted by molar-refractivity contribution is -0.385. The number of methoxy groups -OCH3 is 1. The first-order valence-corrected chi connectivity index (χ1v) is 7.29. The van der Waals surface area contributed by atoms with Crippen LogP contribution in [0.4, 0.5) is 5.69 Å². The molecule has 0 aliphatic heterocycles. The molecular weight excluding hydrogens is 282 g/mol. The van der Waals surface area contributed by atoms with Crippen molar-refractivity contribution in [2.45, 2.75) is 25.0 Å². The molecule has 0 aliphatic rings. The van der Waals surface area contributed by atoms with Crippen LogP contribution >= 0.6 is 11.8 Å². The summed E-state index contributed by atoms with van der Waals surface area (Å²) >= 11 is 1.48. The maximum Gasteiger partial charge on any atom is 0.273 e. The number of thioether (sulfide) groups is 1. The molecule has 0 spiro atoms. The highest BCUT2D eigenvalue weighted by Crippen LogP contribution is 2.33. The quantitative estimate of drug-likeness (QED) is 0.302. The lowest BCUT2D eigenvalue weighted by Crippen LogP contribution is -2.20. The summed E-state index contributed by atoms with van der Waals surface area (Å²) in [6.07, 6.45) is -0.296. The summed E-state index contributed by atoms with van der Waals surface area (Å²) in [5.41, 5.74) is 0.0115. The number of nitrogens with zero attached hydrogens (tertiary/aromatic N) is 1. The molecule has 0 atom stereocenters. The van der Waals surface area contributed by atoms with Crippen molar-refractivity contribution in [2.75, 3.05) is 26.1 Å². The second-order valence-electron chi connectivity index (χ2n) is 3.74. The van der Waals surface area contributed by atoms with Gasteiger partial charge in [0.2, 0.25) is 0 Å². The molecule has 0 unspecified atom stereocenters. The lowest BCUT2D eigenvalue weighted by atomic mass is 10.3. The lowest BCUT2D eigenvalue weighted by Gasteiger charge is -2.17. The molecule has 0 amide bonds. The van der Waals surface area contributed by atoms with E-state index in [1.165, 1.54) is 31.0 Å². The van der Waals surface area contributed by atoms with Crippen molar-refractivity contribution in [3.8, 4) is 5.75 Å². The molecule has 112 valence electrons. The van der Waals surface area contributed by atoms with Crippen molar-refractivity contribution in [3.63, 3.8) is 0 Å². The maximum atomic E-state index is 10.7. The SMILES string of the molecule is CCOC(CSc1ccc([N+](=O)[O-])cc1OC)OCC. The van der Waals surface area contributed by atoms with Crippen molar-refractivity contribution in [3.05, 3.63) is 28.3 Å². The molecule has 0 aliphatic carbocycles. The summed E-state index contributed by atoms with van der Waals surface area (Å²) in [4.78, 5) is 11.1. The van der Waals surface area contributed by atoms with Crippen LogP contribution in [-0.4, -0.2) is 37.3 Å². The molecule has 0 radical (unpaired) electrons. The smallest absolute Gasteiger partial charge is 0.273 e. The Bertz CT molecular complexity index is 435. The second kappa shape index (κ2) is 8.78. The molecule has 0 N–H and O–H groups in total. The van der Waals surface area contributed by atoms with E-state index in [-0.39, 0.29) is 12.0 Å². The van der Waals surface area contributed by atoms with Crippen LogP contribution in [0.3, 0.4) is 0 Å². The van der Waals surface area contributed by atoms with Crippen LogP contribution in [0.1, 0.15) is 13.8 Å². The average Bonchev–Trinajstić information content (AvgIpc) is 2.45. The molecule has 1 rings (SSSR count). The average molecular weight is 301 g/mol. The predicted molar refractivity (Wildman–Crippen MR) is 77.4 cm³/mol. The van der Waals surface area contributed by atoms with E-state index in [2.05, 4.69) is 0 Å². The van der Waals surface area contributed by atoms with E-state index in [9.17, 15) is 10.1 Å². The molecule has 1 aromatic carbocycles. The van der Waals surface area contributed by atoms with E-state index in [1.807, 2.05) is 13.8 Å². The number of hydrogen-bond acceptors (Lipinski definition) is 6. The molecule has 6 nitrogen and oxygen atoms in total. The Labute approximate surface area is 122 Å². The first-order chi connectivity index (χ1) is 9.62. The summed E-state index contributed by atoms with van der Waals surface area (Å²) in [6, 6.07) is 4.55. The van der Waals surface area contributed by atoms with Crippen LogP contribution in [-0.2, 0) is 9.47 Å². The van der Waals surface area contributed by atoms with Gasteiger partial charge in [-0.2, -0.15) is 0 Å². The Morgan fingerprint density at radius 3 is 2.45 bits per heavy atom. The van der Waals surface area contributed by atoms with Gasteiger partial charge in [0, 0.05) is 25.0 Å². The highest BCUT2D eigenvalue weighted by Gasteiger charge is 2.14. The number of rotatable bonds is 9. The van der Waals surface area contributed by atoms with Crippen LogP contribution in [0.25, 0.3) is 0 Å². The van der Waals surface area contributed by atoms with Gasteiger partial charge in [-0.15, -0.1) is 11.8 Å². The fourth-order valence-electron chi connectivity index (χ4n) is 1.56. The normalized spacial score (nSPS) is 10.8. The molecule has 0 saturated heterocycles. The largest absolute Gasteiger partial charge is 0.495 e. The highest BCUT2D eigenvalue weighted by molar-refractivity contribution is 7.99. The number of non-ortho nitro benzene ring substituents is 1. The third kappa shape index (κ3) is 4.99. The molecule has 0 aromatic heterocycles. The van der Waals surface area contributed by atoms with Crippen LogP contribution in [0.15, 0.2) is 23.1 Å². The number of hydrogen-bond donors (Lipinski definition) is 0. The zero-order valence-electron chi connectivity index (χ0n) is 11.8. The Hall–Kier alpha value is -1.31. The van der Waals surface area contributed by atoms with Gasteiger partial charge in [-0.3, -0.25) is 10.1 Å². The van der Waals surface area contributed by atoms with Crippen molar-refractivity contribution < 1.29 is 19.1 Å². The zero-order chi connectivity index (χ0) is 15.0. The van der Waals surface area contributed by atoms with E-state index in [0.29, 0.717) is 24.7 Å². The van der Waals surface area contributed by atoms with Crippen LogP contribution in [0.5, 0.6) is 5.75 Å². The number of benzene rings is 1. The topological polar surface area (TPSA) is 70.8 Å². The van der Waals surface area contributed by atoms with Crippen LogP contribution < -0.4 is 4.74 Å². The van der Waals surface area contributed by atoms with Gasteiger partial charge in [0.25, 0.3) is 5.69 Å². The molecule has 20 heavy (non-hydrogen) atoms. The number of ether oxygens (including phenoxy) is 3. The summed E-state index contributed by atoms with van der Waals surface area (Å²) in [5, 5.41) is 10.7. The Balaban J connectivity index is 2.73. The predicted octanol–water partition coefficient (Wildman–Crippen LogP) is 3.09. The fourth-order valence-corrected chi connectivity index (χ4v) is 2.52. The second-order valence-corrected chi connectivity index (χ2v) is 4.81. The van der Waals surface area contributed by atoms with Gasteiger partial charge < -0.3 is 14.2 Å². The van der Waals surface area contributed by atoms with E-state index in [4.69, 9.17) is 14.2 Å². The summed E-state index contributed by atoms with van der Waals surface area (Å²) < 4.78 is 16.1. The van der Waals surface area contributed by atoms with Crippen molar-refractivity contribution in [1.82, 2.24) is 0 Å². The monoisotopic (exact) mass is 301 g/mol. The molecule has 0 heterocycles. The minimum Gasteiger partial charge on any atom is -0.495 e. The fraction of sp³-hybridized carbons (Fsp3) is 0.538. The van der Waals surface area contributed by atoms with Crippen molar-refractivity contribution in [2.24, 2.45) is 0 Å². The van der Waals surface area contributed by atoms with E-state index < -0.39 is 4.92 Å². The Kier molecular flexibility index (Phi) is 7.35. The van der Waals surface area contributed by atoms with E-state index in [1.54, 1.807) is 6.07 Å². The van der Waals surface area contributed by atoms with Gasteiger partial charge in [0.05, 0.1) is 23.0 Å². The molecular formula is C13H19NO5S. The van der Waals surface area contributed by atoms with Gasteiger partial charge >= 0.3 is 0 Å². The summed E-state index contributed by atoms with van der Waals surface area (Å²) in [7, 11) is 1.49. The van der Waals surface area contributed by atoms with Gasteiger partial charge in [0.15, 0.2) is 6.29 Å². The standard InChI is InChI=1S/C13H19NO5S/c1-4-18-13(19-5-2)9-20-12-7-6-10(14(15)16)8-11(12)17-3/h6-8,13H,4-5,9H2,1-3H3. The number of nitro groups is 1. The van der Waals surface area contributed by atoms with E-state index in [0.717, 1.165) is 4.90 Å². The molecule has 1 aromatic rings. The Morgan fingerprint density at radius 2 is 1.95 bits per heavy atom. The van der Waals surface area contributed by atoms with Crippen molar-refractivity contribution in [1.29, 1.82) is 0 Å². The minimum atomic E-state index is -0.444. The zero-order valence-corrected chi connectivity index (χ0v) is 12.6. The first-order valence-electron chi connectivity index (χ1n) is 6.30. The van der Waals surface area contributed by atoms with Gasteiger partial charge in [-0.25, -0.2) is 0 Å². The maximum absolute atomic E-state index is 10.7. The van der Waals surface area contributed by atoms with Crippen molar-refractivity contribution >= 4 is 17.4 Å². The Morgan fingerprint density at radius 1 is 1.30 bits per heavy atom. The van der Waals surface area contributed by atoms with Crippen LogP contribution in [0, 0.1) is 10.1 Å². The van der Waals surface area contributed by atoms with Gasteiger partial charge in [-0.1, -0.05) is 0 Å². The van der Waals surface area contributed by atoms with Gasteiger partial charge in [-0.05, 0) is 19.9 Å². The first kappa shape index (κ1) is 16.7. The minimum absolute atomic E-state index is 0.0115. The molecule has 7 heteroatoms. The molecule has 0 bridgehead atoms. The van der Waals surface area contributed by atoms with Crippen LogP contribution in [0.2, 0.25) is 0 Å². The third-order valence-electron chi connectivity index (χ3n) is 2.44. The summed E-state index contributed by atoms with van der Waals surface area (Å²) in [5.74, 6) is 1.08. The molecule has 0 saturated carbocycles. The highest BCUT2D eigenvalue weighted by atomic mass is 32.2. The van der Waals surface area contributed by atoms with E-state index >= 15 is 0 Å². The summed E-state index contributed by atoms with van der Waals surface area (Å²) in [6.45, 7) is 4.96. The third-order valence-corrected chi connectivity index (χ3v) is 3.53.